The number of amides is 1. The molecule has 0 aromatic heterocycles. The number of nitrogens with one attached hydrogen (secondary N) is 1. The molecule has 8 heteroatoms. The maximum atomic E-state index is 12.0. The summed E-state index contributed by atoms with van der Waals surface area (Å²) in [5, 5.41) is 23.7. The number of ether oxygens (including phenoxy) is 1. The minimum Gasteiger partial charge on any atom is -0.504 e. The first kappa shape index (κ1) is 16.9. The number of halogens is 2. The summed E-state index contributed by atoms with van der Waals surface area (Å²) in [6.07, 6.45) is 1.36. The second-order valence-electron chi connectivity index (χ2n) is 4.41. The number of hydrogen-bond acceptors (Lipinski definition) is 5. The van der Waals surface area contributed by atoms with Crippen LogP contribution in [0.4, 0.5) is 0 Å². The minimum absolute atomic E-state index is 0.0279. The zero-order valence-electron chi connectivity index (χ0n) is 11.9. The van der Waals surface area contributed by atoms with Gasteiger partial charge in [-0.05, 0) is 24.3 Å². The molecule has 0 saturated carbocycles. The first-order valence-corrected chi connectivity index (χ1v) is 7.06. The van der Waals surface area contributed by atoms with Crippen LogP contribution in [0.1, 0.15) is 15.9 Å². The van der Waals surface area contributed by atoms with Crippen molar-refractivity contribution in [1.82, 2.24) is 5.43 Å². The van der Waals surface area contributed by atoms with Crippen LogP contribution in [0.3, 0.4) is 0 Å². The fourth-order valence-corrected chi connectivity index (χ4v) is 2.17. The highest BCUT2D eigenvalue weighted by atomic mass is 35.5. The molecule has 23 heavy (non-hydrogen) atoms. The minimum atomic E-state index is -0.597. The number of phenols is 2. The van der Waals surface area contributed by atoms with E-state index >= 15 is 0 Å². The van der Waals surface area contributed by atoms with E-state index in [1.54, 1.807) is 18.2 Å². The van der Waals surface area contributed by atoms with Crippen LogP contribution in [0.15, 0.2) is 35.4 Å². The van der Waals surface area contributed by atoms with Gasteiger partial charge < -0.3 is 14.9 Å². The summed E-state index contributed by atoms with van der Waals surface area (Å²) in [6.45, 7) is 0. The summed E-state index contributed by atoms with van der Waals surface area (Å²) >= 11 is 11.8. The average Bonchev–Trinajstić information content (AvgIpc) is 2.51. The number of methoxy groups -OCH3 is 1. The molecule has 2 rings (SSSR count). The van der Waals surface area contributed by atoms with E-state index in [1.165, 1.54) is 19.4 Å². The number of carbonyl (C=O) groups excluding carboxylic acids is 1. The third-order valence-electron chi connectivity index (χ3n) is 2.87. The highest BCUT2D eigenvalue weighted by Gasteiger charge is 2.14. The van der Waals surface area contributed by atoms with Gasteiger partial charge in [0.1, 0.15) is 0 Å². The Hall–Kier alpha value is -2.44. The largest absolute Gasteiger partial charge is 0.504 e. The number of phenolic OH excluding ortho intramolecular Hbond substituents is 2. The molecule has 0 saturated heterocycles. The molecule has 3 N–H and O–H groups in total. The van der Waals surface area contributed by atoms with E-state index in [0.29, 0.717) is 15.6 Å². The summed E-state index contributed by atoms with van der Waals surface area (Å²) in [6, 6.07) is 7.21. The summed E-state index contributed by atoms with van der Waals surface area (Å²) < 4.78 is 4.86. The number of aromatic hydroxyl groups is 2. The van der Waals surface area contributed by atoms with Gasteiger partial charge in [0.05, 0.1) is 18.3 Å². The summed E-state index contributed by atoms with van der Waals surface area (Å²) in [5.41, 5.74) is 2.92. The third-order valence-corrected chi connectivity index (χ3v) is 3.43. The lowest BCUT2D eigenvalue weighted by atomic mass is 10.1. The molecule has 2 aromatic carbocycles. The van der Waals surface area contributed by atoms with Gasteiger partial charge in [0.2, 0.25) is 5.75 Å². The van der Waals surface area contributed by atoms with Crippen LogP contribution >= 0.6 is 23.2 Å². The molecule has 1 amide bonds. The smallest absolute Gasteiger partial charge is 0.271 e. The zero-order valence-corrected chi connectivity index (χ0v) is 13.4. The van der Waals surface area contributed by atoms with Gasteiger partial charge >= 0.3 is 0 Å². The Bertz CT molecular complexity index is 778. The second kappa shape index (κ2) is 7.21. The van der Waals surface area contributed by atoms with Gasteiger partial charge in [0.25, 0.3) is 5.91 Å². The summed E-state index contributed by atoms with van der Waals surface area (Å²) in [4.78, 5) is 12.0. The molecule has 0 spiro atoms. The Kier molecular flexibility index (Phi) is 5.31. The normalized spacial score (nSPS) is 10.7. The van der Waals surface area contributed by atoms with E-state index in [9.17, 15) is 15.0 Å². The van der Waals surface area contributed by atoms with E-state index in [4.69, 9.17) is 27.9 Å². The Balaban J connectivity index is 2.13. The van der Waals surface area contributed by atoms with Gasteiger partial charge in [0, 0.05) is 16.1 Å². The Morgan fingerprint density at radius 1 is 1.26 bits per heavy atom. The summed E-state index contributed by atoms with van der Waals surface area (Å²) in [5.74, 6) is -1.54. The van der Waals surface area contributed by atoms with E-state index in [0.717, 1.165) is 6.07 Å². The van der Waals surface area contributed by atoms with Crippen molar-refractivity contribution in [2.24, 2.45) is 5.10 Å². The molecule has 0 heterocycles. The van der Waals surface area contributed by atoms with Crippen LogP contribution in [0, 0.1) is 0 Å². The molecule has 0 bridgehead atoms. The zero-order chi connectivity index (χ0) is 17.0. The molecule has 0 aliphatic heterocycles. The van der Waals surface area contributed by atoms with Crippen molar-refractivity contribution in [3.8, 4) is 17.2 Å². The molecule has 0 aliphatic carbocycles. The van der Waals surface area contributed by atoms with Crippen LogP contribution in [0.2, 0.25) is 10.0 Å². The first-order chi connectivity index (χ1) is 10.9. The van der Waals surface area contributed by atoms with Crippen LogP contribution in [-0.4, -0.2) is 29.4 Å². The Morgan fingerprint density at radius 2 is 2.00 bits per heavy atom. The fourth-order valence-electron chi connectivity index (χ4n) is 1.71. The lowest BCUT2D eigenvalue weighted by Gasteiger charge is -2.07. The number of hydrogen-bond donors (Lipinski definition) is 3. The predicted octanol–water partition coefficient (Wildman–Crippen LogP) is 3.18. The van der Waals surface area contributed by atoms with Crippen molar-refractivity contribution >= 4 is 35.3 Å². The van der Waals surface area contributed by atoms with Crippen LogP contribution < -0.4 is 10.2 Å². The standard InChI is InChI=1S/C15H12Cl2N2O4/c1-23-13-5-9(4-12(20)14(13)21)15(22)19-18-7-8-2-3-10(16)6-11(8)17/h2-7,20-21H,1H3,(H,19,22)/b18-7+. The fraction of sp³-hybridized carbons (Fsp3) is 0.0667. The molecule has 6 nitrogen and oxygen atoms in total. The van der Waals surface area contributed by atoms with E-state index in [2.05, 4.69) is 10.5 Å². The monoisotopic (exact) mass is 354 g/mol. The van der Waals surface area contributed by atoms with Gasteiger partial charge in [-0.25, -0.2) is 5.43 Å². The van der Waals surface area contributed by atoms with Crippen LogP contribution in [0.5, 0.6) is 17.2 Å². The van der Waals surface area contributed by atoms with Gasteiger partial charge in [-0.15, -0.1) is 0 Å². The first-order valence-electron chi connectivity index (χ1n) is 6.30. The second-order valence-corrected chi connectivity index (χ2v) is 5.25. The van der Waals surface area contributed by atoms with Crippen LogP contribution in [0.25, 0.3) is 0 Å². The maximum absolute atomic E-state index is 12.0. The maximum Gasteiger partial charge on any atom is 0.271 e. The summed E-state index contributed by atoms with van der Waals surface area (Å²) in [7, 11) is 1.30. The van der Waals surface area contributed by atoms with Crippen molar-refractivity contribution in [1.29, 1.82) is 0 Å². The predicted molar refractivity (Wildman–Crippen MR) is 87.8 cm³/mol. The Morgan fingerprint density at radius 3 is 2.65 bits per heavy atom. The lowest BCUT2D eigenvalue weighted by molar-refractivity contribution is 0.0954. The van der Waals surface area contributed by atoms with Crippen molar-refractivity contribution in [3.63, 3.8) is 0 Å². The van der Waals surface area contributed by atoms with E-state index in [1.807, 2.05) is 0 Å². The number of benzene rings is 2. The number of rotatable bonds is 4. The molecular formula is C15H12Cl2N2O4. The van der Waals surface area contributed by atoms with Crippen molar-refractivity contribution in [2.75, 3.05) is 7.11 Å². The van der Waals surface area contributed by atoms with Gasteiger partial charge in [-0.1, -0.05) is 29.3 Å². The average molecular weight is 355 g/mol. The number of hydrazone groups is 1. The third kappa shape index (κ3) is 4.06. The molecular weight excluding hydrogens is 343 g/mol. The van der Waals surface area contributed by atoms with Crippen molar-refractivity contribution in [3.05, 3.63) is 51.5 Å². The molecule has 0 radical (unpaired) electrons. The topological polar surface area (TPSA) is 91.2 Å². The Labute approximate surface area is 141 Å². The molecule has 2 aromatic rings. The van der Waals surface area contributed by atoms with Gasteiger partial charge in [-0.3, -0.25) is 4.79 Å². The quantitative estimate of drug-likeness (QED) is 0.446. The number of carbonyl (C=O) groups is 1. The molecule has 0 aliphatic rings. The SMILES string of the molecule is COc1cc(C(=O)N/N=C/c2ccc(Cl)cc2Cl)cc(O)c1O. The van der Waals surface area contributed by atoms with Gasteiger partial charge in [-0.2, -0.15) is 5.10 Å². The highest BCUT2D eigenvalue weighted by molar-refractivity contribution is 6.36. The van der Waals surface area contributed by atoms with Crippen LogP contribution in [-0.2, 0) is 0 Å². The number of nitrogens with zero attached hydrogens (tertiary/aromatic N) is 1. The highest BCUT2D eigenvalue weighted by Crippen LogP contribution is 2.36. The van der Waals surface area contributed by atoms with Crippen molar-refractivity contribution < 1.29 is 19.7 Å². The molecule has 120 valence electrons. The van der Waals surface area contributed by atoms with E-state index < -0.39 is 17.4 Å². The molecule has 0 atom stereocenters. The van der Waals surface area contributed by atoms with Crippen molar-refractivity contribution in [2.45, 2.75) is 0 Å². The lowest BCUT2D eigenvalue weighted by Crippen LogP contribution is -2.17. The van der Waals surface area contributed by atoms with Gasteiger partial charge in [0.15, 0.2) is 11.5 Å². The van der Waals surface area contributed by atoms with E-state index in [-0.39, 0.29) is 11.3 Å². The molecule has 0 fully saturated rings. The molecule has 0 unspecified atom stereocenters.